The number of ether oxygens (including phenoxy) is 1. The van der Waals surface area contributed by atoms with Gasteiger partial charge in [-0.3, -0.25) is 0 Å². The van der Waals surface area contributed by atoms with E-state index in [1.807, 2.05) is 0 Å². The van der Waals surface area contributed by atoms with E-state index in [0.717, 1.165) is 12.1 Å². The summed E-state index contributed by atoms with van der Waals surface area (Å²) < 4.78 is 18.1. The molecule has 0 aliphatic heterocycles. The van der Waals surface area contributed by atoms with Gasteiger partial charge in [-0.2, -0.15) is 0 Å². The zero-order chi connectivity index (χ0) is 13.1. The van der Waals surface area contributed by atoms with Crippen molar-refractivity contribution < 1.29 is 24.1 Å². The van der Waals surface area contributed by atoms with Gasteiger partial charge in [-0.1, -0.05) is 0 Å². The number of hydrogen-bond donors (Lipinski definition) is 2. The number of hydrogen-bond acceptors (Lipinski definition) is 3. The van der Waals surface area contributed by atoms with Crippen LogP contribution in [0.2, 0.25) is 0 Å². The molecule has 4 nitrogen and oxygen atoms in total. The van der Waals surface area contributed by atoms with Gasteiger partial charge >= 0.3 is 5.97 Å². The van der Waals surface area contributed by atoms with E-state index >= 15 is 0 Å². The minimum Gasteiger partial charge on any atom is -0.493 e. The van der Waals surface area contributed by atoms with Crippen LogP contribution in [0, 0.1) is 5.82 Å². The molecular formula is C12H15FO4. The Morgan fingerprint density at radius 1 is 1.47 bits per heavy atom. The van der Waals surface area contributed by atoms with Gasteiger partial charge in [0.1, 0.15) is 17.1 Å². The number of aromatic carboxylic acids is 1. The van der Waals surface area contributed by atoms with Gasteiger partial charge in [0.2, 0.25) is 0 Å². The summed E-state index contributed by atoms with van der Waals surface area (Å²) in [5.74, 6) is -1.77. The molecule has 1 rings (SSSR count). The van der Waals surface area contributed by atoms with E-state index in [9.17, 15) is 14.3 Å². The molecule has 0 aliphatic carbocycles. The summed E-state index contributed by atoms with van der Waals surface area (Å²) >= 11 is 0. The molecule has 1 aromatic carbocycles. The van der Waals surface area contributed by atoms with Crippen LogP contribution in [-0.4, -0.2) is 28.4 Å². The van der Waals surface area contributed by atoms with Crippen molar-refractivity contribution in [2.24, 2.45) is 0 Å². The van der Waals surface area contributed by atoms with Gasteiger partial charge in [0.05, 0.1) is 12.2 Å². The lowest BCUT2D eigenvalue weighted by Crippen LogP contribution is -2.22. The largest absolute Gasteiger partial charge is 0.493 e. The third kappa shape index (κ3) is 4.40. The molecule has 94 valence electrons. The predicted octanol–water partition coefficient (Wildman–Crippen LogP) is 2.06. The average molecular weight is 242 g/mol. The van der Waals surface area contributed by atoms with Crippen LogP contribution in [0.1, 0.15) is 30.6 Å². The Morgan fingerprint density at radius 3 is 2.65 bits per heavy atom. The molecule has 0 fully saturated rings. The third-order valence-electron chi connectivity index (χ3n) is 2.14. The van der Waals surface area contributed by atoms with Crippen molar-refractivity contribution in [3.05, 3.63) is 29.6 Å². The maximum atomic E-state index is 12.9. The summed E-state index contributed by atoms with van der Waals surface area (Å²) in [6, 6.07) is 3.30. The maximum Gasteiger partial charge on any atom is 0.339 e. The Kier molecular flexibility index (Phi) is 4.07. The first-order valence-corrected chi connectivity index (χ1v) is 5.17. The monoisotopic (exact) mass is 242 g/mol. The fraction of sp³-hybridized carbons (Fsp3) is 0.417. The lowest BCUT2D eigenvalue weighted by Gasteiger charge is -2.17. The fourth-order valence-corrected chi connectivity index (χ4v) is 1.21. The standard InChI is InChI=1S/C12H15FO4/c1-12(2,16)5-6-17-10-4-3-8(13)7-9(10)11(14)15/h3-4,7,16H,5-6H2,1-2H3,(H,14,15). The molecule has 0 atom stereocenters. The Labute approximate surface area is 98.7 Å². The summed E-state index contributed by atoms with van der Waals surface area (Å²) in [5.41, 5.74) is -1.11. The molecule has 17 heavy (non-hydrogen) atoms. The summed E-state index contributed by atoms with van der Waals surface area (Å²) in [6.07, 6.45) is 0.351. The lowest BCUT2D eigenvalue weighted by molar-refractivity contribution is 0.0548. The van der Waals surface area contributed by atoms with Gasteiger partial charge < -0.3 is 14.9 Å². The highest BCUT2D eigenvalue weighted by Gasteiger charge is 2.15. The molecule has 0 heterocycles. The SMILES string of the molecule is CC(C)(O)CCOc1ccc(F)cc1C(=O)O. The lowest BCUT2D eigenvalue weighted by atomic mass is 10.1. The smallest absolute Gasteiger partial charge is 0.339 e. The normalized spacial score (nSPS) is 11.3. The molecule has 0 aromatic heterocycles. The number of aliphatic hydroxyl groups is 1. The predicted molar refractivity (Wildman–Crippen MR) is 59.8 cm³/mol. The van der Waals surface area contributed by atoms with E-state index in [1.54, 1.807) is 13.8 Å². The number of rotatable bonds is 5. The van der Waals surface area contributed by atoms with Crippen LogP contribution in [0.3, 0.4) is 0 Å². The van der Waals surface area contributed by atoms with E-state index in [-0.39, 0.29) is 17.9 Å². The molecule has 2 N–H and O–H groups in total. The molecular weight excluding hydrogens is 227 g/mol. The second-order valence-corrected chi connectivity index (χ2v) is 4.36. The van der Waals surface area contributed by atoms with Crippen molar-refractivity contribution in [3.63, 3.8) is 0 Å². The second-order valence-electron chi connectivity index (χ2n) is 4.36. The number of carbonyl (C=O) groups is 1. The molecule has 0 aliphatic rings. The highest BCUT2D eigenvalue weighted by Crippen LogP contribution is 2.20. The topological polar surface area (TPSA) is 66.8 Å². The fourth-order valence-electron chi connectivity index (χ4n) is 1.21. The van der Waals surface area contributed by atoms with Crippen molar-refractivity contribution in [2.45, 2.75) is 25.9 Å². The van der Waals surface area contributed by atoms with Crippen molar-refractivity contribution in [1.29, 1.82) is 0 Å². The van der Waals surface area contributed by atoms with Gasteiger partial charge in [-0.25, -0.2) is 9.18 Å². The highest BCUT2D eigenvalue weighted by molar-refractivity contribution is 5.90. The van der Waals surface area contributed by atoms with E-state index in [1.165, 1.54) is 6.07 Å². The van der Waals surface area contributed by atoms with E-state index in [0.29, 0.717) is 6.42 Å². The van der Waals surface area contributed by atoms with Crippen molar-refractivity contribution in [3.8, 4) is 5.75 Å². The van der Waals surface area contributed by atoms with Crippen molar-refractivity contribution in [2.75, 3.05) is 6.61 Å². The van der Waals surface area contributed by atoms with Gasteiger partial charge in [-0.05, 0) is 32.0 Å². The third-order valence-corrected chi connectivity index (χ3v) is 2.14. The van der Waals surface area contributed by atoms with Gasteiger partial charge in [0.25, 0.3) is 0 Å². The van der Waals surface area contributed by atoms with E-state index < -0.39 is 17.4 Å². The van der Waals surface area contributed by atoms with Crippen molar-refractivity contribution >= 4 is 5.97 Å². The highest BCUT2D eigenvalue weighted by atomic mass is 19.1. The number of carboxylic acid groups (broad SMARTS) is 1. The van der Waals surface area contributed by atoms with Crippen LogP contribution < -0.4 is 4.74 Å². The molecule has 5 heteroatoms. The number of benzene rings is 1. The molecule has 1 aromatic rings. The van der Waals surface area contributed by atoms with Gasteiger partial charge in [0, 0.05) is 6.42 Å². The zero-order valence-electron chi connectivity index (χ0n) is 9.74. The van der Waals surface area contributed by atoms with E-state index in [2.05, 4.69) is 0 Å². The Bertz CT molecular complexity index is 409. The Hall–Kier alpha value is -1.62. The molecule has 0 radical (unpaired) electrons. The Balaban J connectivity index is 2.74. The first-order chi connectivity index (χ1) is 7.79. The minimum absolute atomic E-state index is 0.100. The van der Waals surface area contributed by atoms with E-state index in [4.69, 9.17) is 9.84 Å². The molecule has 0 bridgehead atoms. The quantitative estimate of drug-likeness (QED) is 0.829. The summed E-state index contributed by atoms with van der Waals surface area (Å²) in [6.45, 7) is 3.41. The average Bonchev–Trinajstić information content (AvgIpc) is 2.18. The van der Waals surface area contributed by atoms with Crippen LogP contribution in [0.4, 0.5) is 4.39 Å². The van der Waals surface area contributed by atoms with Crippen LogP contribution in [0.5, 0.6) is 5.75 Å². The molecule has 0 spiro atoms. The van der Waals surface area contributed by atoms with Crippen LogP contribution in [-0.2, 0) is 0 Å². The zero-order valence-corrected chi connectivity index (χ0v) is 9.74. The molecule has 0 saturated heterocycles. The first kappa shape index (κ1) is 13.4. The maximum absolute atomic E-state index is 12.9. The number of carboxylic acids is 1. The second kappa shape index (κ2) is 5.14. The summed E-state index contributed by atoms with van der Waals surface area (Å²) in [7, 11) is 0. The van der Waals surface area contributed by atoms with Gasteiger partial charge in [-0.15, -0.1) is 0 Å². The van der Waals surface area contributed by atoms with Crippen LogP contribution >= 0.6 is 0 Å². The van der Waals surface area contributed by atoms with Crippen LogP contribution in [0.25, 0.3) is 0 Å². The van der Waals surface area contributed by atoms with Gasteiger partial charge in [0.15, 0.2) is 0 Å². The first-order valence-electron chi connectivity index (χ1n) is 5.17. The molecule has 0 unspecified atom stereocenters. The van der Waals surface area contributed by atoms with Crippen molar-refractivity contribution in [1.82, 2.24) is 0 Å². The Morgan fingerprint density at radius 2 is 2.12 bits per heavy atom. The summed E-state index contributed by atoms with van der Waals surface area (Å²) in [4.78, 5) is 10.8. The van der Waals surface area contributed by atoms with Crippen LogP contribution in [0.15, 0.2) is 18.2 Å². The summed E-state index contributed by atoms with van der Waals surface area (Å²) in [5, 5.41) is 18.3. The minimum atomic E-state index is -1.25. The molecule has 0 amide bonds. The molecule has 0 saturated carbocycles. The number of halogens is 1.